The fourth-order valence-corrected chi connectivity index (χ4v) is 2.04. The first kappa shape index (κ1) is 14.5. The number of amides is 1. The van der Waals surface area contributed by atoms with Gasteiger partial charge in [-0.1, -0.05) is 29.3 Å². The van der Waals surface area contributed by atoms with Crippen LogP contribution in [0.1, 0.15) is 6.92 Å². The molecule has 0 aromatic heterocycles. The van der Waals surface area contributed by atoms with Crippen molar-refractivity contribution in [2.24, 2.45) is 0 Å². The molecule has 0 N–H and O–H groups in total. The lowest BCUT2D eigenvalue weighted by Gasteiger charge is -2.20. The molecule has 0 saturated carbocycles. The number of carbonyl (C=O) groups excluding carboxylic acids is 1. The van der Waals surface area contributed by atoms with Crippen molar-refractivity contribution in [1.82, 2.24) is 0 Å². The number of carbonyl (C=O) groups is 1. The summed E-state index contributed by atoms with van der Waals surface area (Å²) in [6.45, 7) is 5.05. The standard InChI is InChI=1S/C11H10Cl2N2O3/c1-3-6-14(7(2)16)9-5-4-8(12)11(10(9)13)15(17)18/h3-5H,1,6H2,2H3. The van der Waals surface area contributed by atoms with Gasteiger partial charge in [-0.3, -0.25) is 14.9 Å². The maximum absolute atomic E-state index is 11.5. The Morgan fingerprint density at radius 2 is 2.17 bits per heavy atom. The Balaban J connectivity index is 3.41. The van der Waals surface area contributed by atoms with Gasteiger partial charge >= 0.3 is 5.69 Å². The summed E-state index contributed by atoms with van der Waals surface area (Å²) in [5.74, 6) is -0.298. The highest BCUT2D eigenvalue weighted by Crippen LogP contribution is 2.39. The van der Waals surface area contributed by atoms with Gasteiger partial charge in [0.05, 0.1) is 10.6 Å². The summed E-state index contributed by atoms with van der Waals surface area (Å²) in [6.07, 6.45) is 1.50. The monoisotopic (exact) mass is 288 g/mol. The third-order valence-electron chi connectivity index (χ3n) is 2.21. The topological polar surface area (TPSA) is 63.5 Å². The van der Waals surface area contributed by atoms with Crippen LogP contribution < -0.4 is 4.90 Å². The summed E-state index contributed by atoms with van der Waals surface area (Å²) in [5, 5.41) is 10.6. The van der Waals surface area contributed by atoms with Crippen molar-refractivity contribution in [3.05, 3.63) is 44.9 Å². The SMILES string of the molecule is C=CCN(C(C)=O)c1ccc(Cl)c([N+](=O)[O-])c1Cl. The van der Waals surface area contributed by atoms with E-state index < -0.39 is 10.6 Å². The predicted molar refractivity (Wildman–Crippen MR) is 71.3 cm³/mol. The molecule has 1 rings (SSSR count). The number of hydrogen-bond donors (Lipinski definition) is 0. The van der Waals surface area contributed by atoms with Crippen molar-refractivity contribution in [2.75, 3.05) is 11.4 Å². The fourth-order valence-electron chi connectivity index (χ4n) is 1.43. The minimum absolute atomic E-state index is 0.0733. The highest BCUT2D eigenvalue weighted by Gasteiger charge is 2.24. The number of nitrogens with zero attached hydrogens (tertiary/aromatic N) is 2. The number of anilines is 1. The Hall–Kier alpha value is -1.59. The molecule has 96 valence electrons. The summed E-state index contributed by atoms with van der Waals surface area (Å²) in [4.78, 5) is 22.9. The molecule has 18 heavy (non-hydrogen) atoms. The molecule has 0 unspecified atom stereocenters. The van der Waals surface area contributed by atoms with E-state index in [9.17, 15) is 14.9 Å². The van der Waals surface area contributed by atoms with Crippen molar-refractivity contribution in [3.63, 3.8) is 0 Å². The van der Waals surface area contributed by atoms with Crippen LogP contribution in [0.5, 0.6) is 0 Å². The van der Waals surface area contributed by atoms with Crippen LogP contribution >= 0.6 is 23.2 Å². The molecule has 1 aromatic carbocycles. The normalized spacial score (nSPS) is 9.94. The Morgan fingerprint density at radius 1 is 1.56 bits per heavy atom. The van der Waals surface area contributed by atoms with Gasteiger partial charge in [-0.25, -0.2) is 0 Å². The second kappa shape index (κ2) is 5.84. The molecule has 0 aliphatic rings. The molecule has 0 spiro atoms. The first-order valence-corrected chi connectivity index (χ1v) is 5.67. The number of nitro benzene ring substituents is 1. The smallest absolute Gasteiger partial charge is 0.307 e. The molecule has 7 heteroatoms. The summed E-state index contributed by atoms with van der Waals surface area (Å²) >= 11 is 11.6. The van der Waals surface area contributed by atoms with E-state index in [0.29, 0.717) is 0 Å². The molecule has 0 aliphatic heterocycles. The van der Waals surface area contributed by atoms with Crippen molar-refractivity contribution in [3.8, 4) is 0 Å². The minimum Gasteiger partial charge on any atom is -0.307 e. The highest BCUT2D eigenvalue weighted by molar-refractivity contribution is 6.40. The molecule has 0 saturated heterocycles. The number of rotatable bonds is 4. The molecule has 0 bridgehead atoms. The largest absolute Gasteiger partial charge is 0.308 e. The van der Waals surface area contributed by atoms with Gasteiger partial charge in [-0.15, -0.1) is 6.58 Å². The Kier molecular flexibility index (Phi) is 4.69. The van der Waals surface area contributed by atoms with E-state index in [1.807, 2.05) is 0 Å². The van der Waals surface area contributed by atoms with Gasteiger partial charge in [-0.05, 0) is 12.1 Å². The third-order valence-corrected chi connectivity index (χ3v) is 2.89. The lowest BCUT2D eigenvalue weighted by Crippen LogP contribution is -2.28. The number of nitro groups is 1. The summed E-state index contributed by atoms with van der Waals surface area (Å²) in [6, 6.07) is 2.79. The van der Waals surface area contributed by atoms with Gasteiger partial charge in [0.15, 0.2) is 0 Å². The molecule has 0 radical (unpaired) electrons. The Morgan fingerprint density at radius 3 is 2.61 bits per heavy atom. The molecule has 0 atom stereocenters. The second-order valence-corrected chi connectivity index (χ2v) is 4.19. The maximum atomic E-state index is 11.5. The van der Waals surface area contributed by atoms with Crippen LogP contribution in [0.2, 0.25) is 10.0 Å². The molecular weight excluding hydrogens is 279 g/mol. The zero-order valence-corrected chi connectivity index (χ0v) is 11.0. The van der Waals surface area contributed by atoms with E-state index in [0.717, 1.165) is 0 Å². The Labute approximate surface area is 114 Å². The van der Waals surface area contributed by atoms with Crippen LogP contribution in [0.4, 0.5) is 11.4 Å². The molecule has 0 fully saturated rings. The van der Waals surface area contributed by atoms with Crippen LogP contribution in [0.3, 0.4) is 0 Å². The molecule has 1 aromatic rings. The second-order valence-electron chi connectivity index (χ2n) is 3.40. The lowest BCUT2D eigenvalue weighted by molar-refractivity contribution is -0.384. The van der Waals surface area contributed by atoms with E-state index in [4.69, 9.17) is 23.2 Å². The average molecular weight is 289 g/mol. The van der Waals surface area contributed by atoms with Gasteiger partial charge in [0, 0.05) is 13.5 Å². The van der Waals surface area contributed by atoms with Crippen LogP contribution in [0.15, 0.2) is 24.8 Å². The van der Waals surface area contributed by atoms with Crippen LogP contribution in [-0.4, -0.2) is 17.4 Å². The zero-order chi connectivity index (χ0) is 13.9. The lowest BCUT2D eigenvalue weighted by atomic mass is 10.2. The highest BCUT2D eigenvalue weighted by atomic mass is 35.5. The fraction of sp³-hybridized carbons (Fsp3) is 0.182. The van der Waals surface area contributed by atoms with Gasteiger partial charge in [0.25, 0.3) is 0 Å². The molecule has 0 aliphatic carbocycles. The van der Waals surface area contributed by atoms with Crippen LogP contribution in [-0.2, 0) is 4.79 Å². The summed E-state index contributed by atoms with van der Waals surface area (Å²) in [7, 11) is 0. The van der Waals surface area contributed by atoms with Gasteiger partial charge < -0.3 is 4.90 Å². The van der Waals surface area contributed by atoms with Gasteiger partial charge in [0.1, 0.15) is 10.0 Å². The van der Waals surface area contributed by atoms with E-state index >= 15 is 0 Å². The van der Waals surface area contributed by atoms with Gasteiger partial charge in [-0.2, -0.15) is 0 Å². The first-order valence-electron chi connectivity index (χ1n) is 4.91. The molecule has 0 heterocycles. The minimum atomic E-state index is -0.680. The average Bonchev–Trinajstić information content (AvgIpc) is 2.26. The number of benzene rings is 1. The van der Waals surface area contributed by atoms with Crippen molar-refractivity contribution in [1.29, 1.82) is 0 Å². The molecule has 1 amide bonds. The van der Waals surface area contributed by atoms with E-state index in [1.54, 1.807) is 0 Å². The number of halogens is 2. The van der Waals surface area contributed by atoms with E-state index in [-0.39, 0.29) is 28.2 Å². The van der Waals surface area contributed by atoms with Crippen LogP contribution in [0.25, 0.3) is 0 Å². The van der Waals surface area contributed by atoms with E-state index in [1.165, 1.54) is 30.0 Å². The van der Waals surface area contributed by atoms with Crippen LogP contribution in [0, 0.1) is 10.1 Å². The quantitative estimate of drug-likeness (QED) is 0.484. The van der Waals surface area contributed by atoms with Crippen molar-refractivity contribution < 1.29 is 9.72 Å². The van der Waals surface area contributed by atoms with Crippen molar-refractivity contribution >= 4 is 40.5 Å². The van der Waals surface area contributed by atoms with E-state index in [2.05, 4.69) is 6.58 Å². The maximum Gasteiger partial charge on any atom is 0.308 e. The Bertz CT molecular complexity index is 517. The summed E-state index contributed by atoms with van der Waals surface area (Å²) < 4.78 is 0. The van der Waals surface area contributed by atoms with Crippen molar-refractivity contribution in [2.45, 2.75) is 6.92 Å². The van der Waals surface area contributed by atoms with Gasteiger partial charge in [0.2, 0.25) is 5.91 Å². The zero-order valence-electron chi connectivity index (χ0n) is 9.52. The predicted octanol–water partition coefficient (Wildman–Crippen LogP) is 3.44. The third kappa shape index (κ3) is 2.80. The molecular formula is C11H10Cl2N2O3. The molecule has 5 nitrogen and oxygen atoms in total. The summed E-state index contributed by atoms with van der Waals surface area (Å²) in [5.41, 5.74) is -0.175. The first-order chi connectivity index (χ1) is 8.40. The number of hydrogen-bond acceptors (Lipinski definition) is 3.